The van der Waals surface area contributed by atoms with Gasteiger partial charge in [0.25, 0.3) is 0 Å². The van der Waals surface area contributed by atoms with E-state index in [1.807, 2.05) is 30.3 Å². The van der Waals surface area contributed by atoms with Crippen LogP contribution in [0.15, 0.2) is 128 Å². The Hall–Kier alpha value is -5.42. The molecule has 1 spiro atoms. The van der Waals surface area contributed by atoms with E-state index in [9.17, 15) is 0 Å². The van der Waals surface area contributed by atoms with Crippen LogP contribution in [0.1, 0.15) is 11.1 Å². The van der Waals surface area contributed by atoms with E-state index in [0.29, 0.717) is 0 Å². The van der Waals surface area contributed by atoms with E-state index in [4.69, 9.17) is 9.47 Å². The molecule has 0 fully saturated rings. The summed E-state index contributed by atoms with van der Waals surface area (Å²) in [5.41, 5.74) is 4.92. The first kappa shape index (κ1) is 20.5. The number of fused-ring (bicyclic) bond motifs is 5. The molecule has 10 rings (SSSR count). The standard InChI is InChI=1S/C35H21N3O2/c1-3-11-25-22(9-1)19-23-10-2-4-12-26(23)32(25)24-20-37-27-13-7-14-28-33(27)35(38(37)21-24)34-29(39-28)15-8-16-30(34)40-31-17-5-6-18-36(31)35/h1-21H/q+2. The third kappa shape index (κ3) is 2.27. The van der Waals surface area contributed by atoms with Crippen LogP contribution in [0.3, 0.4) is 0 Å². The van der Waals surface area contributed by atoms with Crippen molar-refractivity contribution in [3.8, 4) is 39.9 Å². The smallest absolute Gasteiger partial charge is 0.452 e. The van der Waals surface area contributed by atoms with Crippen molar-refractivity contribution in [3.05, 3.63) is 139 Å². The van der Waals surface area contributed by atoms with Crippen molar-refractivity contribution in [2.75, 3.05) is 0 Å². The quantitative estimate of drug-likeness (QED) is 0.177. The number of hydrogen-bond donors (Lipinski definition) is 0. The zero-order chi connectivity index (χ0) is 26.0. The van der Waals surface area contributed by atoms with Gasteiger partial charge in [0.2, 0.25) is 6.20 Å². The predicted molar refractivity (Wildman–Crippen MR) is 151 cm³/mol. The first-order chi connectivity index (χ1) is 19.8. The molecular weight excluding hydrogens is 494 g/mol. The highest BCUT2D eigenvalue weighted by Gasteiger charge is 2.71. The highest BCUT2D eigenvalue weighted by atomic mass is 16.5. The van der Waals surface area contributed by atoms with Gasteiger partial charge in [0.1, 0.15) is 17.2 Å². The van der Waals surface area contributed by atoms with Crippen LogP contribution in [0.4, 0.5) is 0 Å². The van der Waals surface area contributed by atoms with E-state index in [1.165, 1.54) is 27.1 Å². The Balaban J connectivity index is 1.38. The number of aromatic nitrogens is 3. The van der Waals surface area contributed by atoms with E-state index >= 15 is 0 Å². The molecule has 0 N–H and O–H groups in total. The molecular formula is C35H21N3O2+2. The lowest BCUT2D eigenvalue weighted by atomic mass is 9.85. The third-order valence-corrected chi connectivity index (χ3v) is 8.69. The monoisotopic (exact) mass is 515 g/mol. The largest absolute Gasteiger partial charge is 0.455 e. The molecule has 0 aliphatic carbocycles. The zero-order valence-electron chi connectivity index (χ0n) is 21.3. The van der Waals surface area contributed by atoms with Gasteiger partial charge in [-0.2, -0.15) is 0 Å². The molecule has 5 heterocycles. The molecule has 3 aliphatic heterocycles. The van der Waals surface area contributed by atoms with Crippen LogP contribution in [0.25, 0.3) is 38.4 Å². The third-order valence-electron chi connectivity index (χ3n) is 8.69. The Morgan fingerprint density at radius 3 is 2.10 bits per heavy atom. The zero-order valence-corrected chi connectivity index (χ0v) is 21.3. The summed E-state index contributed by atoms with van der Waals surface area (Å²) < 4.78 is 19.9. The molecule has 1 unspecified atom stereocenters. The lowest BCUT2D eigenvalue weighted by molar-refractivity contribution is -0.997. The summed E-state index contributed by atoms with van der Waals surface area (Å²) in [7, 11) is 0. The summed E-state index contributed by atoms with van der Waals surface area (Å²) in [6.07, 6.45) is 6.69. The van der Waals surface area contributed by atoms with Gasteiger partial charge < -0.3 is 9.47 Å². The fraction of sp³-hybridized carbons (Fsp3) is 0.0286. The van der Waals surface area contributed by atoms with Gasteiger partial charge in [-0.3, -0.25) is 0 Å². The fourth-order valence-corrected chi connectivity index (χ4v) is 7.19. The second-order valence-corrected chi connectivity index (χ2v) is 10.7. The summed E-state index contributed by atoms with van der Waals surface area (Å²) in [6.45, 7) is 0. The van der Waals surface area contributed by atoms with Crippen molar-refractivity contribution in [3.63, 3.8) is 0 Å². The average molecular weight is 516 g/mol. The van der Waals surface area contributed by atoms with E-state index in [-0.39, 0.29) is 0 Å². The summed E-state index contributed by atoms with van der Waals surface area (Å²) in [4.78, 5) is 0. The van der Waals surface area contributed by atoms with Crippen molar-refractivity contribution >= 4 is 21.5 Å². The van der Waals surface area contributed by atoms with Gasteiger partial charge in [0, 0.05) is 11.6 Å². The maximum absolute atomic E-state index is 6.54. The fourth-order valence-electron chi connectivity index (χ4n) is 7.19. The minimum atomic E-state index is -0.705. The number of nitrogens with zero attached hydrogens (tertiary/aromatic N) is 3. The Morgan fingerprint density at radius 1 is 0.625 bits per heavy atom. The minimum Gasteiger partial charge on any atom is -0.455 e. The number of ether oxygens (including phenoxy) is 2. The second kappa shape index (κ2) is 6.96. The number of hydrogen-bond acceptors (Lipinski definition) is 2. The van der Waals surface area contributed by atoms with Gasteiger partial charge in [0.05, 0.1) is 17.8 Å². The van der Waals surface area contributed by atoms with Gasteiger partial charge in [-0.15, -0.1) is 4.68 Å². The lowest BCUT2D eigenvalue weighted by Crippen LogP contribution is -2.75. The van der Waals surface area contributed by atoms with Crippen molar-refractivity contribution in [1.29, 1.82) is 0 Å². The maximum Gasteiger partial charge on any atom is 0.452 e. The van der Waals surface area contributed by atoms with E-state index in [0.717, 1.165) is 45.5 Å². The molecule has 5 aromatic carbocycles. The normalized spacial score (nSPS) is 17.0. The predicted octanol–water partition coefficient (Wildman–Crippen LogP) is 6.85. The molecule has 3 aliphatic rings. The number of benzene rings is 5. The molecule has 186 valence electrons. The lowest BCUT2D eigenvalue weighted by Gasteiger charge is -2.31. The average Bonchev–Trinajstić information content (AvgIpc) is 3.55. The Labute approximate surface area is 229 Å². The first-order valence-corrected chi connectivity index (χ1v) is 13.5. The summed E-state index contributed by atoms with van der Waals surface area (Å²) in [5.74, 6) is 3.26. The highest BCUT2D eigenvalue weighted by Crippen LogP contribution is 2.55. The second-order valence-electron chi connectivity index (χ2n) is 10.7. The SMILES string of the molecule is c1cc2c3c(c1)Oc1cccc[n+]1C31c3c(cccc3-n3cc(-c4c5ccccc5cc5ccccc45)c[n+]31)O2. The Bertz CT molecular complexity index is 2180. The number of rotatable bonds is 1. The van der Waals surface area contributed by atoms with Crippen molar-refractivity contribution in [2.24, 2.45) is 0 Å². The molecule has 40 heavy (non-hydrogen) atoms. The minimum absolute atomic E-state index is 0.705. The van der Waals surface area contributed by atoms with Gasteiger partial charge in [0.15, 0.2) is 23.1 Å². The summed E-state index contributed by atoms with van der Waals surface area (Å²) >= 11 is 0. The van der Waals surface area contributed by atoms with E-state index in [1.54, 1.807) is 0 Å². The maximum atomic E-state index is 6.54. The summed E-state index contributed by atoms with van der Waals surface area (Å²) in [5, 5.41) is 4.95. The number of pyridine rings is 1. The highest BCUT2D eigenvalue weighted by molar-refractivity contribution is 6.12. The van der Waals surface area contributed by atoms with Crippen LogP contribution >= 0.6 is 0 Å². The van der Waals surface area contributed by atoms with Gasteiger partial charge in [-0.1, -0.05) is 65.2 Å². The Kier molecular flexibility index (Phi) is 3.57. The van der Waals surface area contributed by atoms with Crippen LogP contribution in [-0.2, 0) is 5.66 Å². The Morgan fingerprint density at radius 2 is 1.30 bits per heavy atom. The first-order valence-electron chi connectivity index (χ1n) is 13.5. The van der Waals surface area contributed by atoms with Crippen LogP contribution in [-0.4, -0.2) is 4.68 Å². The van der Waals surface area contributed by atoms with Crippen molar-refractivity contribution in [2.45, 2.75) is 5.66 Å². The molecule has 0 bridgehead atoms. The van der Waals surface area contributed by atoms with Gasteiger partial charge in [-0.05, 0) is 62.6 Å². The molecule has 0 amide bonds. The summed E-state index contributed by atoms with van der Waals surface area (Å²) in [6, 6.07) is 38.2. The van der Waals surface area contributed by atoms with Crippen LogP contribution < -0.4 is 18.7 Å². The van der Waals surface area contributed by atoms with Crippen molar-refractivity contribution < 1.29 is 18.7 Å². The molecule has 5 nitrogen and oxygen atoms in total. The van der Waals surface area contributed by atoms with Crippen molar-refractivity contribution in [1.82, 2.24) is 4.68 Å². The van der Waals surface area contributed by atoms with Crippen LogP contribution in [0, 0.1) is 0 Å². The van der Waals surface area contributed by atoms with Gasteiger partial charge >= 0.3 is 11.5 Å². The van der Waals surface area contributed by atoms with Gasteiger partial charge in [-0.25, -0.2) is 0 Å². The molecule has 1 atom stereocenters. The molecule has 7 aromatic rings. The molecule has 5 heteroatoms. The van der Waals surface area contributed by atoms with Crippen LogP contribution in [0.2, 0.25) is 0 Å². The van der Waals surface area contributed by atoms with Crippen LogP contribution in [0.5, 0.6) is 23.1 Å². The van der Waals surface area contributed by atoms with E-state index < -0.39 is 5.66 Å². The topological polar surface area (TPSA) is 31.1 Å². The molecule has 0 saturated carbocycles. The molecule has 2 aromatic heterocycles. The van der Waals surface area contributed by atoms with E-state index in [2.05, 4.69) is 111 Å². The molecule has 0 saturated heterocycles. The molecule has 0 radical (unpaired) electrons.